The van der Waals surface area contributed by atoms with Crippen LogP contribution in [0.5, 0.6) is 17.2 Å². The van der Waals surface area contributed by atoms with E-state index in [-0.39, 0.29) is 18.6 Å². The number of amides is 1. The minimum Gasteiger partial charge on any atom is -0.497 e. The number of primary amides is 1. The Balaban J connectivity index is 1.28. The number of likely N-dealkylation sites (tertiary alicyclic amines) is 1. The standard InChI is InChI=1S/C24H29ClN2O5/c1-30-20-4-2-16(11-23(26)29)22(12-20)31-15-19(28)14-27-8-6-24(7-9-27)13-17-10-18(25)3-5-21(17)32-24/h2-5,10,12,19,28H,6-9,11,13-15H2,1H3,(H2,26,29)/t19-/m0/s1. The maximum absolute atomic E-state index is 11.3. The lowest BCUT2D eigenvalue weighted by Gasteiger charge is -2.39. The Labute approximate surface area is 193 Å². The molecule has 8 heteroatoms. The largest absolute Gasteiger partial charge is 0.497 e. The lowest BCUT2D eigenvalue weighted by molar-refractivity contribution is -0.117. The van der Waals surface area contributed by atoms with E-state index in [9.17, 15) is 9.90 Å². The molecule has 2 aliphatic rings. The molecule has 0 unspecified atom stereocenters. The van der Waals surface area contributed by atoms with Gasteiger partial charge in [0.25, 0.3) is 0 Å². The average molecular weight is 461 g/mol. The van der Waals surface area contributed by atoms with Crippen molar-refractivity contribution >= 4 is 17.5 Å². The zero-order chi connectivity index (χ0) is 22.7. The fourth-order valence-corrected chi connectivity index (χ4v) is 4.69. The summed E-state index contributed by atoms with van der Waals surface area (Å²) in [6, 6.07) is 11.0. The number of hydrogen-bond acceptors (Lipinski definition) is 6. The number of halogens is 1. The summed E-state index contributed by atoms with van der Waals surface area (Å²) in [5, 5.41) is 11.3. The van der Waals surface area contributed by atoms with Gasteiger partial charge in [-0.1, -0.05) is 17.7 Å². The van der Waals surface area contributed by atoms with Crippen LogP contribution in [0.3, 0.4) is 0 Å². The molecule has 2 aliphatic heterocycles. The van der Waals surface area contributed by atoms with Crippen molar-refractivity contribution in [3.63, 3.8) is 0 Å². The highest BCUT2D eigenvalue weighted by Gasteiger charge is 2.42. The van der Waals surface area contributed by atoms with Crippen LogP contribution in [0.15, 0.2) is 36.4 Å². The highest BCUT2D eigenvalue weighted by atomic mass is 35.5. The molecule has 3 N–H and O–H groups in total. The van der Waals surface area contributed by atoms with Gasteiger partial charge in [0.15, 0.2) is 0 Å². The predicted octanol–water partition coefficient (Wildman–Crippen LogP) is 2.59. The van der Waals surface area contributed by atoms with Crippen LogP contribution in [0.25, 0.3) is 0 Å². The molecule has 32 heavy (non-hydrogen) atoms. The topological polar surface area (TPSA) is 94.2 Å². The molecule has 7 nitrogen and oxygen atoms in total. The number of aliphatic hydroxyl groups excluding tert-OH is 1. The number of β-amino-alcohol motifs (C(OH)–C–C–N with tert-alkyl or cyclic N) is 1. The molecule has 2 heterocycles. The van der Waals surface area contributed by atoms with Gasteiger partial charge < -0.3 is 30.0 Å². The average Bonchev–Trinajstić information content (AvgIpc) is 3.11. The molecule has 0 radical (unpaired) electrons. The van der Waals surface area contributed by atoms with Gasteiger partial charge in [0.1, 0.15) is 35.6 Å². The van der Waals surface area contributed by atoms with E-state index < -0.39 is 12.0 Å². The molecule has 172 valence electrons. The van der Waals surface area contributed by atoms with Gasteiger partial charge in [-0.05, 0) is 29.8 Å². The van der Waals surface area contributed by atoms with Crippen LogP contribution in [-0.2, 0) is 17.6 Å². The van der Waals surface area contributed by atoms with E-state index in [2.05, 4.69) is 4.90 Å². The number of benzene rings is 2. The third-order valence-corrected chi connectivity index (χ3v) is 6.40. The highest BCUT2D eigenvalue weighted by Crippen LogP contribution is 2.42. The van der Waals surface area contributed by atoms with Crippen molar-refractivity contribution in [2.75, 3.05) is 33.4 Å². The molecular weight excluding hydrogens is 432 g/mol. The Kier molecular flexibility index (Phi) is 6.79. The summed E-state index contributed by atoms with van der Waals surface area (Å²) < 4.78 is 17.4. The first-order valence-corrected chi connectivity index (χ1v) is 11.2. The summed E-state index contributed by atoms with van der Waals surface area (Å²) in [6.45, 7) is 2.29. The molecule has 0 aliphatic carbocycles. The van der Waals surface area contributed by atoms with E-state index >= 15 is 0 Å². The first-order chi connectivity index (χ1) is 15.4. The number of nitrogens with zero attached hydrogens (tertiary/aromatic N) is 1. The second-order valence-corrected chi connectivity index (χ2v) is 9.03. The Morgan fingerprint density at radius 2 is 2.06 bits per heavy atom. The molecule has 1 amide bonds. The Morgan fingerprint density at radius 3 is 2.78 bits per heavy atom. The van der Waals surface area contributed by atoms with Crippen molar-refractivity contribution in [1.82, 2.24) is 4.90 Å². The van der Waals surface area contributed by atoms with E-state index in [1.165, 1.54) is 5.56 Å². The zero-order valence-electron chi connectivity index (χ0n) is 18.2. The van der Waals surface area contributed by atoms with Gasteiger partial charge in [-0.2, -0.15) is 0 Å². The van der Waals surface area contributed by atoms with Gasteiger partial charge in [-0.15, -0.1) is 0 Å². The number of nitrogens with two attached hydrogens (primary N) is 1. The molecule has 0 saturated carbocycles. The third-order valence-electron chi connectivity index (χ3n) is 6.17. The van der Waals surface area contributed by atoms with Gasteiger partial charge in [0.2, 0.25) is 5.91 Å². The van der Waals surface area contributed by atoms with Crippen molar-refractivity contribution in [2.45, 2.75) is 37.4 Å². The summed E-state index contributed by atoms with van der Waals surface area (Å²) in [7, 11) is 1.56. The van der Waals surface area contributed by atoms with Gasteiger partial charge in [-0.3, -0.25) is 4.79 Å². The Morgan fingerprint density at radius 1 is 1.28 bits per heavy atom. The molecule has 4 rings (SSSR count). The fraction of sp³-hybridized carbons (Fsp3) is 0.458. The number of fused-ring (bicyclic) bond motifs is 1. The monoisotopic (exact) mass is 460 g/mol. The minimum atomic E-state index is -0.669. The number of piperidine rings is 1. The summed E-state index contributed by atoms with van der Waals surface area (Å²) in [6.07, 6.45) is 2.06. The van der Waals surface area contributed by atoms with Crippen LogP contribution in [0.2, 0.25) is 5.02 Å². The normalized spacial score (nSPS) is 18.1. The molecule has 2 aromatic carbocycles. The molecule has 0 aromatic heterocycles. The first-order valence-electron chi connectivity index (χ1n) is 10.8. The minimum absolute atomic E-state index is 0.0667. The third kappa shape index (κ3) is 5.28. The molecule has 1 saturated heterocycles. The maximum atomic E-state index is 11.3. The van der Waals surface area contributed by atoms with Gasteiger partial charge in [-0.25, -0.2) is 0 Å². The number of ether oxygens (including phenoxy) is 3. The lowest BCUT2D eigenvalue weighted by Crippen LogP contribution is -2.49. The quantitative estimate of drug-likeness (QED) is 0.628. The lowest BCUT2D eigenvalue weighted by atomic mass is 9.87. The van der Waals surface area contributed by atoms with Crippen molar-refractivity contribution in [2.24, 2.45) is 5.73 Å². The molecule has 1 atom stereocenters. The smallest absolute Gasteiger partial charge is 0.221 e. The summed E-state index contributed by atoms with van der Waals surface area (Å²) in [5.74, 6) is 1.60. The van der Waals surface area contributed by atoms with Crippen LogP contribution in [0, 0.1) is 0 Å². The second kappa shape index (κ2) is 9.57. The molecule has 0 bridgehead atoms. The molecule has 2 aromatic rings. The van der Waals surface area contributed by atoms with Crippen LogP contribution in [0.1, 0.15) is 24.0 Å². The fourth-order valence-electron chi connectivity index (χ4n) is 4.49. The Hall–Kier alpha value is -2.48. The van der Waals surface area contributed by atoms with Crippen molar-refractivity contribution in [3.8, 4) is 17.2 Å². The van der Waals surface area contributed by atoms with Crippen LogP contribution in [-0.4, -0.2) is 61.0 Å². The summed E-state index contributed by atoms with van der Waals surface area (Å²) in [4.78, 5) is 13.6. The SMILES string of the molecule is COc1ccc(CC(N)=O)c(OC[C@@H](O)CN2CCC3(CC2)Cc2cc(Cl)ccc2O3)c1. The van der Waals surface area contributed by atoms with E-state index in [0.29, 0.717) is 23.6 Å². The van der Waals surface area contributed by atoms with Gasteiger partial charge in [0.05, 0.1) is 13.5 Å². The predicted molar refractivity (Wildman–Crippen MR) is 122 cm³/mol. The summed E-state index contributed by atoms with van der Waals surface area (Å²) >= 11 is 6.12. The van der Waals surface area contributed by atoms with E-state index in [1.54, 1.807) is 25.3 Å². The highest BCUT2D eigenvalue weighted by molar-refractivity contribution is 6.30. The Bertz CT molecular complexity index is 975. The number of methoxy groups -OCH3 is 1. The van der Waals surface area contributed by atoms with Crippen molar-refractivity contribution in [1.29, 1.82) is 0 Å². The van der Waals surface area contributed by atoms with Gasteiger partial charge in [0, 0.05) is 55.5 Å². The van der Waals surface area contributed by atoms with E-state index in [4.69, 9.17) is 31.5 Å². The van der Waals surface area contributed by atoms with Crippen LogP contribution < -0.4 is 19.9 Å². The van der Waals surface area contributed by atoms with Crippen molar-refractivity contribution in [3.05, 3.63) is 52.5 Å². The number of carbonyl (C=O) groups excluding carboxylic acids is 1. The number of rotatable bonds is 8. The second-order valence-electron chi connectivity index (χ2n) is 8.60. The first kappa shape index (κ1) is 22.7. The molecule has 1 spiro atoms. The molecule has 1 fully saturated rings. The molecular formula is C24H29ClN2O5. The maximum Gasteiger partial charge on any atom is 0.221 e. The number of hydrogen-bond donors (Lipinski definition) is 2. The zero-order valence-corrected chi connectivity index (χ0v) is 18.9. The van der Waals surface area contributed by atoms with Gasteiger partial charge >= 0.3 is 0 Å². The van der Waals surface area contributed by atoms with E-state index in [0.717, 1.165) is 43.1 Å². The number of aliphatic hydroxyl groups is 1. The van der Waals surface area contributed by atoms with Crippen LogP contribution >= 0.6 is 11.6 Å². The van der Waals surface area contributed by atoms with Crippen LogP contribution in [0.4, 0.5) is 0 Å². The number of carbonyl (C=O) groups is 1. The van der Waals surface area contributed by atoms with Crippen molar-refractivity contribution < 1.29 is 24.1 Å². The summed E-state index contributed by atoms with van der Waals surface area (Å²) in [5.41, 5.74) is 7.00. The van der Waals surface area contributed by atoms with E-state index in [1.807, 2.05) is 18.2 Å².